The Labute approximate surface area is 120 Å². The number of nitrogen functional groups attached to an aromatic ring is 1. The van der Waals surface area contributed by atoms with Crippen LogP contribution >= 0.6 is 0 Å². The second kappa shape index (κ2) is 6.88. The lowest BCUT2D eigenvalue weighted by atomic mass is 10.1. The van der Waals surface area contributed by atoms with E-state index in [1.54, 1.807) is 0 Å². The molecular formula is C15H15F3N2O. The minimum absolute atomic E-state index is 0.141. The summed E-state index contributed by atoms with van der Waals surface area (Å²) in [5.41, 5.74) is 7.28. The molecule has 0 spiro atoms. The first-order valence-corrected chi connectivity index (χ1v) is 6.38. The fourth-order valence-electron chi connectivity index (χ4n) is 1.89. The van der Waals surface area contributed by atoms with Crippen molar-refractivity contribution in [2.45, 2.75) is 13.0 Å². The van der Waals surface area contributed by atoms with Crippen LogP contribution in [0.4, 0.5) is 24.5 Å². The molecule has 2 aromatic rings. The molecule has 21 heavy (non-hydrogen) atoms. The molecule has 0 bridgehead atoms. The zero-order valence-electron chi connectivity index (χ0n) is 11.2. The molecule has 2 rings (SSSR count). The smallest absolute Gasteiger partial charge is 0.387 e. The van der Waals surface area contributed by atoms with E-state index >= 15 is 0 Å². The Morgan fingerprint density at radius 1 is 1.14 bits per heavy atom. The number of anilines is 2. The van der Waals surface area contributed by atoms with Gasteiger partial charge >= 0.3 is 6.61 Å². The number of rotatable bonds is 6. The lowest BCUT2D eigenvalue weighted by Gasteiger charge is -2.13. The molecule has 0 heterocycles. The number of ether oxygens (including phenoxy) is 1. The molecule has 0 atom stereocenters. The molecule has 0 aliphatic rings. The van der Waals surface area contributed by atoms with Gasteiger partial charge in [0.05, 0.1) is 11.4 Å². The van der Waals surface area contributed by atoms with E-state index in [4.69, 9.17) is 5.73 Å². The maximum absolute atomic E-state index is 13.4. The minimum atomic E-state index is -3.08. The molecule has 0 aromatic heterocycles. The maximum atomic E-state index is 13.4. The normalized spacial score (nSPS) is 10.7. The van der Waals surface area contributed by atoms with Crippen LogP contribution in [0, 0.1) is 5.82 Å². The Hall–Kier alpha value is -2.37. The molecule has 112 valence electrons. The third-order valence-corrected chi connectivity index (χ3v) is 2.89. The highest BCUT2D eigenvalue weighted by atomic mass is 19.3. The van der Waals surface area contributed by atoms with Crippen LogP contribution in [-0.2, 0) is 6.42 Å². The molecular weight excluding hydrogens is 281 g/mol. The summed E-state index contributed by atoms with van der Waals surface area (Å²) in [5.74, 6) is -1.44. The van der Waals surface area contributed by atoms with E-state index in [0.717, 1.165) is 24.1 Å². The van der Waals surface area contributed by atoms with E-state index in [1.807, 2.05) is 30.3 Å². The number of nitrogens with one attached hydrogen (secondary N) is 1. The second-order valence-corrected chi connectivity index (χ2v) is 4.41. The fraction of sp³-hybridized carbons (Fsp3) is 0.200. The van der Waals surface area contributed by atoms with Crippen molar-refractivity contribution in [3.63, 3.8) is 0 Å². The van der Waals surface area contributed by atoms with Crippen molar-refractivity contribution in [1.82, 2.24) is 0 Å². The molecule has 2 aromatic carbocycles. The minimum Gasteiger partial charge on any atom is -0.432 e. The van der Waals surface area contributed by atoms with Gasteiger partial charge in [-0.25, -0.2) is 4.39 Å². The quantitative estimate of drug-likeness (QED) is 0.800. The van der Waals surface area contributed by atoms with Crippen molar-refractivity contribution in [2.75, 3.05) is 17.6 Å². The molecule has 0 unspecified atom stereocenters. The van der Waals surface area contributed by atoms with Gasteiger partial charge in [0.15, 0.2) is 11.6 Å². The average molecular weight is 296 g/mol. The molecule has 0 aliphatic heterocycles. The highest BCUT2D eigenvalue weighted by Gasteiger charge is 2.13. The van der Waals surface area contributed by atoms with Gasteiger partial charge in [-0.3, -0.25) is 0 Å². The van der Waals surface area contributed by atoms with Crippen LogP contribution in [0.1, 0.15) is 5.56 Å². The third kappa shape index (κ3) is 4.30. The lowest BCUT2D eigenvalue weighted by Crippen LogP contribution is -2.09. The van der Waals surface area contributed by atoms with Crippen molar-refractivity contribution in [3.8, 4) is 5.75 Å². The SMILES string of the molecule is Nc1cc(F)c(OC(F)F)cc1NCCc1ccccc1. The number of hydrogen-bond acceptors (Lipinski definition) is 3. The van der Waals surface area contributed by atoms with Crippen LogP contribution in [0.2, 0.25) is 0 Å². The van der Waals surface area contributed by atoms with Crippen molar-refractivity contribution in [2.24, 2.45) is 0 Å². The first-order chi connectivity index (χ1) is 10.1. The highest BCUT2D eigenvalue weighted by Crippen LogP contribution is 2.29. The number of halogens is 3. The number of benzene rings is 2. The van der Waals surface area contributed by atoms with Gasteiger partial charge in [-0.2, -0.15) is 8.78 Å². The van der Waals surface area contributed by atoms with Gasteiger partial charge in [-0.1, -0.05) is 30.3 Å². The van der Waals surface area contributed by atoms with Crippen molar-refractivity contribution in [3.05, 3.63) is 53.8 Å². The first-order valence-electron chi connectivity index (χ1n) is 6.38. The summed E-state index contributed by atoms with van der Waals surface area (Å²) in [6, 6.07) is 11.8. The Balaban J connectivity index is 2.02. The van der Waals surface area contributed by atoms with Crippen molar-refractivity contribution >= 4 is 11.4 Å². The molecule has 0 radical (unpaired) electrons. The molecule has 0 aliphatic carbocycles. The zero-order chi connectivity index (χ0) is 15.2. The van der Waals surface area contributed by atoms with Crippen LogP contribution in [0.25, 0.3) is 0 Å². The second-order valence-electron chi connectivity index (χ2n) is 4.41. The first kappa shape index (κ1) is 15.0. The summed E-state index contributed by atoms with van der Waals surface area (Å²) < 4.78 is 41.8. The van der Waals surface area contributed by atoms with Crippen molar-refractivity contribution in [1.29, 1.82) is 0 Å². The van der Waals surface area contributed by atoms with E-state index in [9.17, 15) is 13.2 Å². The monoisotopic (exact) mass is 296 g/mol. The maximum Gasteiger partial charge on any atom is 0.387 e. The summed E-state index contributed by atoms with van der Waals surface area (Å²) >= 11 is 0. The molecule has 0 saturated carbocycles. The summed E-state index contributed by atoms with van der Waals surface area (Å²) in [4.78, 5) is 0. The van der Waals surface area contributed by atoms with Crippen LogP contribution in [0.15, 0.2) is 42.5 Å². The van der Waals surface area contributed by atoms with E-state index in [0.29, 0.717) is 12.2 Å². The number of alkyl halides is 2. The van der Waals surface area contributed by atoms with Gasteiger partial charge in [-0.15, -0.1) is 0 Å². The van der Waals surface area contributed by atoms with Crippen LogP contribution < -0.4 is 15.8 Å². The predicted molar refractivity (Wildman–Crippen MR) is 76.1 cm³/mol. The van der Waals surface area contributed by atoms with E-state index in [2.05, 4.69) is 10.1 Å². The van der Waals surface area contributed by atoms with E-state index in [-0.39, 0.29) is 5.69 Å². The number of hydrogen-bond donors (Lipinski definition) is 2. The van der Waals surface area contributed by atoms with Gasteiger partial charge in [0.2, 0.25) is 0 Å². The third-order valence-electron chi connectivity index (χ3n) is 2.89. The summed E-state index contributed by atoms with van der Waals surface area (Å²) in [7, 11) is 0. The van der Waals surface area contributed by atoms with Gasteiger partial charge < -0.3 is 15.8 Å². The Bertz CT molecular complexity index is 591. The molecule has 3 nitrogen and oxygen atoms in total. The van der Waals surface area contributed by atoms with Gasteiger partial charge in [-0.05, 0) is 12.0 Å². The Morgan fingerprint density at radius 3 is 2.52 bits per heavy atom. The predicted octanol–water partition coefficient (Wildman–Crippen LogP) is 3.66. The topological polar surface area (TPSA) is 47.3 Å². The Kier molecular flexibility index (Phi) is 4.92. The van der Waals surface area contributed by atoms with Crippen molar-refractivity contribution < 1.29 is 17.9 Å². The van der Waals surface area contributed by atoms with Gasteiger partial charge in [0.1, 0.15) is 0 Å². The Morgan fingerprint density at radius 2 is 1.86 bits per heavy atom. The molecule has 0 saturated heterocycles. The fourth-order valence-corrected chi connectivity index (χ4v) is 1.89. The molecule has 0 amide bonds. The molecule has 0 fully saturated rings. The number of nitrogens with two attached hydrogens (primary N) is 1. The van der Waals surface area contributed by atoms with E-state index in [1.165, 1.54) is 0 Å². The average Bonchev–Trinajstić information content (AvgIpc) is 2.44. The molecule has 3 N–H and O–H groups in total. The lowest BCUT2D eigenvalue weighted by molar-refractivity contribution is -0.0521. The highest BCUT2D eigenvalue weighted by molar-refractivity contribution is 5.68. The van der Waals surface area contributed by atoms with E-state index < -0.39 is 18.2 Å². The standard InChI is InChI=1S/C15H15F3N2O/c16-11-8-12(19)13(9-14(11)21-15(17)18)20-7-6-10-4-2-1-3-5-10/h1-5,8-9,15,20H,6-7,19H2. The van der Waals surface area contributed by atoms with Gasteiger partial charge in [0.25, 0.3) is 0 Å². The largest absolute Gasteiger partial charge is 0.432 e. The zero-order valence-corrected chi connectivity index (χ0v) is 11.2. The molecule has 6 heteroatoms. The summed E-state index contributed by atoms with van der Waals surface area (Å²) in [6.45, 7) is -2.55. The summed E-state index contributed by atoms with van der Waals surface area (Å²) in [6.07, 6.45) is 0.725. The van der Waals surface area contributed by atoms with Crippen LogP contribution in [-0.4, -0.2) is 13.2 Å². The van der Waals surface area contributed by atoms with Gasteiger partial charge in [0, 0.05) is 18.7 Å². The summed E-state index contributed by atoms with van der Waals surface area (Å²) in [5, 5.41) is 2.99. The van der Waals surface area contributed by atoms with Crippen LogP contribution in [0.5, 0.6) is 5.75 Å². The van der Waals surface area contributed by atoms with Crippen LogP contribution in [0.3, 0.4) is 0 Å².